The average molecular weight is 503 g/mol. The second-order valence-electron chi connectivity index (χ2n) is 6.71. The van der Waals surface area contributed by atoms with Crippen LogP contribution in [0.4, 0.5) is 9.52 Å². The number of para-hydroxylation sites is 1. The van der Waals surface area contributed by atoms with Crippen LogP contribution in [0.3, 0.4) is 0 Å². The number of aromatic nitrogens is 1. The lowest BCUT2D eigenvalue weighted by atomic mass is 10.3. The van der Waals surface area contributed by atoms with E-state index in [1.807, 2.05) is 18.2 Å². The number of carbonyl (C=O) groups is 1. The zero-order valence-electron chi connectivity index (χ0n) is 17.5. The van der Waals surface area contributed by atoms with Gasteiger partial charge >= 0.3 is 0 Å². The summed E-state index contributed by atoms with van der Waals surface area (Å²) in [7, 11) is 0. The number of amides is 1. The number of thiazole rings is 1. The quantitative estimate of drug-likeness (QED) is 0.302. The summed E-state index contributed by atoms with van der Waals surface area (Å²) in [6, 6.07) is 12.0. The Morgan fingerprint density at radius 3 is 2.48 bits per heavy atom. The summed E-state index contributed by atoms with van der Waals surface area (Å²) in [5.41, 5.74) is 0.737. The number of likely N-dealkylation sites (N-methyl/N-ethyl adjacent to an activating group) is 1. The van der Waals surface area contributed by atoms with Crippen LogP contribution in [0.5, 0.6) is 0 Å². The highest BCUT2D eigenvalue weighted by molar-refractivity contribution is 7.99. The normalized spacial score (nSPS) is 11.0. The minimum absolute atomic E-state index is 0. The van der Waals surface area contributed by atoms with E-state index in [-0.39, 0.29) is 24.1 Å². The second kappa shape index (κ2) is 12.6. The maximum absolute atomic E-state index is 13.1. The molecular weight excluding hydrogens is 476 g/mol. The smallest absolute Gasteiger partial charge is 0.229 e. The molecule has 168 valence electrons. The van der Waals surface area contributed by atoms with Crippen LogP contribution in [0.15, 0.2) is 47.4 Å². The SMILES string of the molecule is CCN(CC)CCN(C(=O)CCSc1ccc(F)cc1)c1nc2c(Cl)cccc2s1.Cl. The van der Waals surface area contributed by atoms with Crippen LogP contribution < -0.4 is 4.90 Å². The Labute approximate surface area is 202 Å². The van der Waals surface area contributed by atoms with Gasteiger partial charge in [-0.15, -0.1) is 24.2 Å². The summed E-state index contributed by atoms with van der Waals surface area (Å²) in [6.45, 7) is 7.47. The number of carbonyl (C=O) groups excluding carboxylic acids is 1. The Morgan fingerprint density at radius 2 is 1.84 bits per heavy atom. The molecule has 31 heavy (non-hydrogen) atoms. The van der Waals surface area contributed by atoms with E-state index >= 15 is 0 Å². The van der Waals surface area contributed by atoms with Crippen molar-refractivity contribution in [2.75, 3.05) is 36.8 Å². The molecule has 0 aliphatic rings. The van der Waals surface area contributed by atoms with Crippen molar-refractivity contribution in [3.8, 4) is 0 Å². The first-order valence-corrected chi connectivity index (χ1v) is 12.2. The summed E-state index contributed by atoms with van der Waals surface area (Å²) < 4.78 is 14.0. The molecule has 0 bridgehead atoms. The molecule has 0 fully saturated rings. The van der Waals surface area contributed by atoms with Crippen LogP contribution in [0, 0.1) is 5.82 Å². The highest BCUT2D eigenvalue weighted by atomic mass is 35.5. The Bertz CT molecular complexity index is 981. The third kappa shape index (κ3) is 7.05. The van der Waals surface area contributed by atoms with Gasteiger partial charge in [0.15, 0.2) is 5.13 Å². The minimum atomic E-state index is -0.257. The van der Waals surface area contributed by atoms with Gasteiger partial charge in [-0.2, -0.15) is 0 Å². The number of nitrogens with zero attached hydrogens (tertiary/aromatic N) is 3. The Balaban J connectivity index is 0.00000341. The van der Waals surface area contributed by atoms with Crippen molar-refractivity contribution in [1.82, 2.24) is 9.88 Å². The van der Waals surface area contributed by atoms with Crippen molar-refractivity contribution >= 4 is 68.4 Å². The van der Waals surface area contributed by atoms with Crippen molar-refractivity contribution < 1.29 is 9.18 Å². The number of benzene rings is 2. The van der Waals surface area contributed by atoms with E-state index < -0.39 is 0 Å². The molecule has 2 aromatic carbocycles. The maximum atomic E-state index is 13.1. The number of hydrogen-bond donors (Lipinski definition) is 0. The molecule has 0 aliphatic heterocycles. The molecule has 4 nitrogen and oxygen atoms in total. The zero-order chi connectivity index (χ0) is 21.5. The molecule has 3 rings (SSSR count). The predicted octanol–water partition coefficient (Wildman–Crippen LogP) is 6.37. The largest absolute Gasteiger partial charge is 0.302 e. The lowest BCUT2D eigenvalue weighted by molar-refractivity contribution is -0.118. The number of thioether (sulfide) groups is 1. The van der Waals surface area contributed by atoms with Gasteiger partial charge in [0, 0.05) is 30.2 Å². The van der Waals surface area contributed by atoms with Gasteiger partial charge in [0.2, 0.25) is 5.91 Å². The van der Waals surface area contributed by atoms with Gasteiger partial charge in [0.25, 0.3) is 0 Å². The first kappa shape index (κ1) is 25.9. The van der Waals surface area contributed by atoms with E-state index in [1.54, 1.807) is 28.8 Å². The molecule has 0 spiro atoms. The fraction of sp³-hybridized carbons (Fsp3) is 0.364. The molecule has 0 unspecified atom stereocenters. The predicted molar refractivity (Wildman–Crippen MR) is 134 cm³/mol. The highest BCUT2D eigenvalue weighted by Crippen LogP contribution is 2.33. The van der Waals surface area contributed by atoms with Crippen molar-refractivity contribution in [2.24, 2.45) is 0 Å². The summed E-state index contributed by atoms with van der Waals surface area (Å²) in [5, 5.41) is 1.28. The van der Waals surface area contributed by atoms with Crippen LogP contribution in [0.2, 0.25) is 5.02 Å². The second-order valence-corrected chi connectivity index (χ2v) is 9.29. The zero-order valence-corrected chi connectivity index (χ0v) is 20.7. The van der Waals surface area contributed by atoms with Crippen molar-refractivity contribution in [3.63, 3.8) is 0 Å². The molecular formula is C22H26Cl2FN3OS2. The van der Waals surface area contributed by atoms with Gasteiger partial charge in [-0.1, -0.05) is 42.9 Å². The van der Waals surface area contributed by atoms with Crippen LogP contribution in [-0.2, 0) is 4.79 Å². The van der Waals surface area contributed by atoms with E-state index in [1.165, 1.54) is 23.5 Å². The summed E-state index contributed by atoms with van der Waals surface area (Å²) in [5.74, 6) is 0.400. The monoisotopic (exact) mass is 501 g/mol. The summed E-state index contributed by atoms with van der Waals surface area (Å²) in [6.07, 6.45) is 0.379. The van der Waals surface area contributed by atoms with E-state index in [0.29, 0.717) is 28.9 Å². The molecule has 3 aromatic rings. The number of fused-ring (bicyclic) bond motifs is 1. The Hall–Kier alpha value is -1.38. The fourth-order valence-corrected chi connectivity index (χ4v) is 5.20. The molecule has 0 saturated heterocycles. The van der Waals surface area contributed by atoms with E-state index in [2.05, 4.69) is 23.7 Å². The summed E-state index contributed by atoms with van der Waals surface area (Å²) in [4.78, 5) is 22.8. The molecule has 0 atom stereocenters. The van der Waals surface area contributed by atoms with Gasteiger partial charge in [0.1, 0.15) is 11.3 Å². The third-order valence-electron chi connectivity index (χ3n) is 4.82. The number of anilines is 1. The van der Waals surface area contributed by atoms with E-state index in [0.717, 1.165) is 34.7 Å². The van der Waals surface area contributed by atoms with Gasteiger partial charge < -0.3 is 4.90 Å². The Kier molecular flexibility index (Phi) is 10.5. The van der Waals surface area contributed by atoms with Crippen LogP contribution in [-0.4, -0.2) is 47.7 Å². The molecule has 1 amide bonds. The van der Waals surface area contributed by atoms with Crippen LogP contribution in [0.25, 0.3) is 10.2 Å². The van der Waals surface area contributed by atoms with Crippen LogP contribution in [0.1, 0.15) is 20.3 Å². The highest BCUT2D eigenvalue weighted by Gasteiger charge is 2.21. The standard InChI is InChI=1S/C22H25ClFN3OS2.ClH/c1-3-26(4-2)13-14-27(22-25-21-18(23)6-5-7-19(21)30-22)20(28)12-15-29-17-10-8-16(24)9-11-17;/h5-11H,3-4,12-15H2,1-2H3;1H. The minimum Gasteiger partial charge on any atom is -0.302 e. The van der Waals surface area contributed by atoms with Crippen molar-refractivity contribution in [1.29, 1.82) is 0 Å². The van der Waals surface area contributed by atoms with Crippen molar-refractivity contribution in [3.05, 3.63) is 53.3 Å². The summed E-state index contributed by atoms with van der Waals surface area (Å²) >= 11 is 9.33. The molecule has 1 heterocycles. The van der Waals surface area contributed by atoms with Gasteiger partial charge in [-0.05, 0) is 49.5 Å². The van der Waals surface area contributed by atoms with Gasteiger partial charge in [-0.3, -0.25) is 9.69 Å². The molecule has 0 saturated carbocycles. The maximum Gasteiger partial charge on any atom is 0.229 e. The topological polar surface area (TPSA) is 36.4 Å². The molecule has 1 aromatic heterocycles. The number of hydrogen-bond acceptors (Lipinski definition) is 5. The number of rotatable bonds is 10. The lowest BCUT2D eigenvalue weighted by Gasteiger charge is -2.24. The van der Waals surface area contributed by atoms with Crippen molar-refractivity contribution in [2.45, 2.75) is 25.2 Å². The third-order valence-corrected chi connectivity index (χ3v) is 7.19. The van der Waals surface area contributed by atoms with Gasteiger partial charge in [0.05, 0.1) is 9.72 Å². The first-order valence-electron chi connectivity index (χ1n) is 9.98. The van der Waals surface area contributed by atoms with Crippen LogP contribution >= 0.6 is 47.1 Å². The van der Waals surface area contributed by atoms with E-state index in [9.17, 15) is 9.18 Å². The molecule has 9 heteroatoms. The fourth-order valence-electron chi connectivity index (χ4n) is 3.05. The Morgan fingerprint density at radius 1 is 1.13 bits per heavy atom. The molecule has 0 N–H and O–H groups in total. The average Bonchev–Trinajstić information content (AvgIpc) is 3.18. The molecule has 0 radical (unpaired) electrons. The van der Waals surface area contributed by atoms with Gasteiger partial charge in [-0.25, -0.2) is 9.37 Å². The molecule has 0 aliphatic carbocycles. The number of halogens is 3. The lowest BCUT2D eigenvalue weighted by Crippen LogP contribution is -2.39. The first-order chi connectivity index (χ1) is 14.5. The van der Waals surface area contributed by atoms with E-state index in [4.69, 9.17) is 11.6 Å².